The number of amides is 6. The zero-order valence-corrected chi connectivity index (χ0v) is 29.7. The number of benzene rings is 1. The quantitative estimate of drug-likeness (QED) is 0.0289. The number of aliphatic hydroxyl groups is 1. The lowest BCUT2D eigenvalue weighted by atomic mass is 10.00. The number of hydrogen-bond donors (Lipinski definition) is 12. The maximum absolute atomic E-state index is 13.6. The molecule has 6 unspecified atom stereocenters. The lowest BCUT2D eigenvalue weighted by Gasteiger charge is -2.28. The molecule has 0 aliphatic heterocycles. The van der Waals surface area contributed by atoms with Gasteiger partial charge < -0.3 is 59.9 Å². The molecule has 0 radical (unpaired) electrons. The molecule has 6 atom stereocenters. The summed E-state index contributed by atoms with van der Waals surface area (Å²) < 4.78 is 0. The molecule has 18 heteroatoms. The van der Waals surface area contributed by atoms with Crippen LogP contribution >= 0.6 is 0 Å². The van der Waals surface area contributed by atoms with E-state index < -0.39 is 78.3 Å². The zero-order valence-electron chi connectivity index (χ0n) is 29.7. The monoisotopic (exact) mass is 719 g/mol. The van der Waals surface area contributed by atoms with Crippen LogP contribution in [-0.4, -0.2) is 102 Å². The molecule has 0 aromatic heterocycles. The van der Waals surface area contributed by atoms with E-state index in [9.17, 15) is 33.9 Å². The molecule has 6 amide bonds. The number of rotatable bonds is 24. The summed E-state index contributed by atoms with van der Waals surface area (Å²) in [4.78, 5) is 77.8. The molecule has 0 saturated carbocycles. The van der Waals surface area contributed by atoms with E-state index in [1.165, 1.54) is 6.92 Å². The van der Waals surface area contributed by atoms with Gasteiger partial charge in [-0.3, -0.25) is 34.2 Å². The molecule has 1 aromatic rings. The van der Waals surface area contributed by atoms with Crippen LogP contribution in [0.2, 0.25) is 0 Å². The van der Waals surface area contributed by atoms with Crippen LogP contribution in [0.1, 0.15) is 64.9 Å². The molecule has 18 nitrogen and oxygen atoms in total. The number of aliphatic hydroxyl groups excluding tert-OH is 1. The van der Waals surface area contributed by atoms with Crippen molar-refractivity contribution in [2.45, 2.75) is 102 Å². The number of carbonyl (C=O) groups is 6. The van der Waals surface area contributed by atoms with Gasteiger partial charge in [0.15, 0.2) is 5.96 Å². The summed E-state index contributed by atoms with van der Waals surface area (Å²) in [5, 5.41) is 33.2. The summed E-state index contributed by atoms with van der Waals surface area (Å²) in [5.41, 5.74) is 22.8. The Hall–Kier alpha value is -4.81. The van der Waals surface area contributed by atoms with Gasteiger partial charge in [-0.05, 0) is 57.1 Å². The molecule has 0 fully saturated rings. The topological polar surface area (TPSA) is 323 Å². The lowest BCUT2D eigenvalue weighted by Crippen LogP contribution is -2.61. The van der Waals surface area contributed by atoms with Gasteiger partial charge in [0.1, 0.15) is 24.2 Å². The minimum absolute atomic E-state index is 0.0671. The zero-order chi connectivity index (χ0) is 38.5. The van der Waals surface area contributed by atoms with Gasteiger partial charge in [0.05, 0.1) is 18.7 Å². The van der Waals surface area contributed by atoms with Crippen LogP contribution in [0.5, 0.6) is 0 Å². The van der Waals surface area contributed by atoms with Crippen molar-refractivity contribution in [2.75, 3.05) is 19.6 Å². The van der Waals surface area contributed by atoms with Crippen LogP contribution in [0.25, 0.3) is 0 Å². The number of carbonyl (C=O) groups excluding carboxylic acids is 6. The summed E-state index contributed by atoms with van der Waals surface area (Å²) in [6.45, 7) is 5.11. The SMILES string of the molecule is CC(C)CC(NC(=O)C(NC(=O)C(CCCNC(=N)N)NC(=O)C(N)CCCCN)C(C)O)C(=O)NC(Cc1ccccc1)C(=O)NCC(N)=O. The smallest absolute Gasteiger partial charge is 0.245 e. The minimum Gasteiger partial charge on any atom is -0.391 e. The van der Waals surface area contributed by atoms with Crippen molar-refractivity contribution in [3.63, 3.8) is 0 Å². The van der Waals surface area contributed by atoms with E-state index in [1.54, 1.807) is 30.3 Å². The van der Waals surface area contributed by atoms with E-state index >= 15 is 0 Å². The van der Waals surface area contributed by atoms with Crippen LogP contribution in [0.15, 0.2) is 30.3 Å². The number of nitrogens with two attached hydrogens (primary N) is 4. The maximum atomic E-state index is 13.6. The molecule has 0 saturated heterocycles. The number of unbranched alkanes of at least 4 members (excludes halogenated alkanes) is 1. The second-order valence-electron chi connectivity index (χ2n) is 12.8. The van der Waals surface area contributed by atoms with Crippen LogP contribution in [-0.2, 0) is 35.2 Å². The molecule has 0 bridgehead atoms. The Morgan fingerprint density at radius 3 is 1.92 bits per heavy atom. The van der Waals surface area contributed by atoms with E-state index in [2.05, 4.69) is 31.9 Å². The van der Waals surface area contributed by atoms with E-state index in [4.69, 9.17) is 28.3 Å². The fraction of sp³-hybridized carbons (Fsp3) is 0.606. The van der Waals surface area contributed by atoms with Gasteiger partial charge in [-0.2, -0.15) is 0 Å². The summed E-state index contributed by atoms with van der Waals surface area (Å²) in [6.07, 6.45) is 0.724. The first-order valence-corrected chi connectivity index (χ1v) is 17.1. The van der Waals surface area contributed by atoms with E-state index in [0.29, 0.717) is 37.8 Å². The Morgan fingerprint density at radius 1 is 0.745 bits per heavy atom. The predicted molar refractivity (Wildman–Crippen MR) is 191 cm³/mol. The Balaban J connectivity index is 3.18. The van der Waals surface area contributed by atoms with Gasteiger partial charge in [0.25, 0.3) is 0 Å². The van der Waals surface area contributed by atoms with Crippen LogP contribution in [0.3, 0.4) is 0 Å². The summed E-state index contributed by atoms with van der Waals surface area (Å²) in [5.74, 6) is -4.82. The van der Waals surface area contributed by atoms with E-state index in [0.717, 1.165) is 0 Å². The fourth-order valence-corrected chi connectivity index (χ4v) is 4.97. The third kappa shape index (κ3) is 18.1. The number of nitrogens with one attached hydrogen (secondary N) is 7. The van der Waals surface area contributed by atoms with Gasteiger partial charge in [0.2, 0.25) is 35.4 Å². The first-order chi connectivity index (χ1) is 24.0. The first-order valence-electron chi connectivity index (χ1n) is 17.1. The normalized spacial score (nSPS) is 14.5. The number of hydrogen-bond acceptors (Lipinski definition) is 10. The summed E-state index contributed by atoms with van der Waals surface area (Å²) in [6, 6.07) is 2.86. The van der Waals surface area contributed by atoms with E-state index in [1.807, 2.05) is 13.8 Å². The van der Waals surface area contributed by atoms with Crippen molar-refractivity contribution in [2.24, 2.45) is 28.9 Å². The van der Waals surface area contributed by atoms with Crippen LogP contribution in [0.4, 0.5) is 0 Å². The Kier molecular flexibility index (Phi) is 20.4. The molecule has 0 aliphatic carbocycles. The van der Waals surface area contributed by atoms with Crippen LogP contribution in [0, 0.1) is 11.3 Å². The highest BCUT2D eigenvalue weighted by molar-refractivity contribution is 5.96. The molecule has 1 rings (SSSR count). The fourth-order valence-electron chi connectivity index (χ4n) is 4.97. The second-order valence-corrected chi connectivity index (χ2v) is 12.8. The van der Waals surface area contributed by atoms with Crippen molar-refractivity contribution in [1.82, 2.24) is 31.9 Å². The number of guanidine groups is 1. The van der Waals surface area contributed by atoms with Crippen LogP contribution < -0.4 is 54.8 Å². The van der Waals surface area contributed by atoms with Crippen molar-refractivity contribution < 1.29 is 33.9 Å². The maximum Gasteiger partial charge on any atom is 0.245 e. The third-order valence-electron chi connectivity index (χ3n) is 7.68. The Morgan fingerprint density at radius 2 is 1.35 bits per heavy atom. The molecule has 0 aliphatic rings. The highest BCUT2D eigenvalue weighted by atomic mass is 16.3. The third-order valence-corrected chi connectivity index (χ3v) is 7.68. The van der Waals surface area contributed by atoms with Gasteiger partial charge in [0, 0.05) is 13.0 Å². The first kappa shape index (κ1) is 44.2. The largest absolute Gasteiger partial charge is 0.391 e. The summed E-state index contributed by atoms with van der Waals surface area (Å²) >= 11 is 0. The van der Waals surface area contributed by atoms with Gasteiger partial charge in [-0.15, -0.1) is 0 Å². The van der Waals surface area contributed by atoms with Gasteiger partial charge in [-0.25, -0.2) is 0 Å². The molecule has 286 valence electrons. The molecule has 0 spiro atoms. The molecule has 16 N–H and O–H groups in total. The van der Waals surface area contributed by atoms with Gasteiger partial charge >= 0.3 is 0 Å². The number of primary amides is 1. The average Bonchev–Trinajstić information content (AvgIpc) is 3.06. The molecule has 0 heterocycles. The Labute approximate surface area is 298 Å². The van der Waals surface area contributed by atoms with Crippen molar-refractivity contribution in [3.8, 4) is 0 Å². The molecular weight excluding hydrogens is 662 g/mol. The summed E-state index contributed by atoms with van der Waals surface area (Å²) in [7, 11) is 0. The molecule has 51 heavy (non-hydrogen) atoms. The predicted octanol–water partition coefficient (Wildman–Crippen LogP) is -3.08. The van der Waals surface area contributed by atoms with E-state index in [-0.39, 0.29) is 37.7 Å². The standard InChI is InChI=1S/C33H57N11O7/c1-19(2)16-24(31(50)42-25(29(48)40-18-26(36)46)17-21-10-5-4-6-11-21)43-32(51)27(20(3)45)44-30(49)23(13-9-15-39-33(37)38)41-28(47)22(35)12-7-8-14-34/h4-6,10-11,19-20,22-25,27,45H,7-9,12-18,34-35H2,1-3H3,(H2,36,46)(H,40,48)(H,41,47)(H,42,50)(H,43,51)(H,44,49)(H4,37,38,39). The van der Waals surface area contributed by atoms with Crippen molar-refractivity contribution >= 4 is 41.4 Å². The Bertz CT molecular complexity index is 1300. The highest BCUT2D eigenvalue weighted by Crippen LogP contribution is 2.10. The van der Waals surface area contributed by atoms with Crippen molar-refractivity contribution in [3.05, 3.63) is 35.9 Å². The molecular formula is C33H57N11O7. The average molecular weight is 720 g/mol. The lowest BCUT2D eigenvalue weighted by molar-refractivity contribution is -0.136. The van der Waals surface area contributed by atoms with Gasteiger partial charge in [-0.1, -0.05) is 50.6 Å². The highest BCUT2D eigenvalue weighted by Gasteiger charge is 2.34. The van der Waals surface area contributed by atoms with Crippen molar-refractivity contribution in [1.29, 1.82) is 5.41 Å². The second kappa shape index (κ2) is 23.6. The minimum atomic E-state index is -1.55. The molecule has 1 aromatic carbocycles.